The third-order valence-electron chi connectivity index (χ3n) is 4.31. The van der Waals surface area contributed by atoms with Crippen LogP contribution in [-0.2, 0) is 17.1 Å². The maximum Gasteiger partial charge on any atom is 0.253 e. The van der Waals surface area contributed by atoms with Gasteiger partial charge in [-0.2, -0.15) is 5.10 Å². The van der Waals surface area contributed by atoms with Crippen molar-refractivity contribution in [2.45, 2.75) is 25.8 Å². The van der Waals surface area contributed by atoms with Crippen LogP contribution >= 0.6 is 0 Å². The fourth-order valence-corrected chi connectivity index (χ4v) is 3.97. The maximum absolute atomic E-state index is 12.5. The Morgan fingerprint density at radius 2 is 2.17 bits per heavy atom. The number of aryl methyl sites for hydroxylation is 2. The van der Waals surface area contributed by atoms with Crippen molar-refractivity contribution in [2.24, 2.45) is 7.05 Å². The van der Waals surface area contributed by atoms with E-state index >= 15 is 0 Å². The summed E-state index contributed by atoms with van der Waals surface area (Å²) in [6.45, 7) is 2.69. The third kappa shape index (κ3) is 3.27. The van der Waals surface area contributed by atoms with Gasteiger partial charge in [-0.3, -0.25) is 9.48 Å². The lowest BCUT2D eigenvalue weighted by molar-refractivity contribution is 0.0921. The lowest BCUT2D eigenvalue weighted by atomic mass is 10.1. The third-order valence-corrected chi connectivity index (χ3v) is 5.58. The second-order valence-electron chi connectivity index (χ2n) is 6.24. The van der Waals surface area contributed by atoms with E-state index in [0.29, 0.717) is 18.7 Å². The molecule has 9 heteroatoms. The molecule has 1 unspecified atom stereocenters. The summed E-state index contributed by atoms with van der Waals surface area (Å²) in [4.78, 5) is 16.8. The number of fused-ring (bicyclic) bond motifs is 1. The molecule has 1 N–H and O–H groups in total. The molecule has 1 atom stereocenters. The summed E-state index contributed by atoms with van der Waals surface area (Å²) < 4.78 is 26.4. The van der Waals surface area contributed by atoms with Crippen molar-refractivity contribution in [3.05, 3.63) is 23.5 Å². The summed E-state index contributed by atoms with van der Waals surface area (Å²) in [6, 6.07) is 1.59. The van der Waals surface area contributed by atoms with Crippen LogP contribution in [0.2, 0.25) is 0 Å². The van der Waals surface area contributed by atoms with Gasteiger partial charge in [0.05, 0.1) is 17.5 Å². The van der Waals surface area contributed by atoms with E-state index < -0.39 is 10.0 Å². The average molecular weight is 351 g/mol. The fourth-order valence-electron chi connectivity index (χ4n) is 3.06. The fraction of sp³-hybridized carbons (Fsp3) is 0.533. The van der Waals surface area contributed by atoms with Gasteiger partial charge < -0.3 is 5.32 Å². The Kier molecular flexibility index (Phi) is 4.31. The lowest BCUT2D eigenvalue weighted by Crippen LogP contribution is -2.49. The Balaban J connectivity index is 1.76. The van der Waals surface area contributed by atoms with Crippen molar-refractivity contribution < 1.29 is 13.2 Å². The number of piperidine rings is 1. The summed E-state index contributed by atoms with van der Waals surface area (Å²) in [5, 5.41) is 8.05. The van der Waals surface area contributed by atoms with Crippen LogP contribution in [0.3, 0.4) is 0 Å². The number of carbonyl (C=O) groups is 1. The van der Waals surface area contributed by atoms with Gasteiger partial charge in [-0.25, -0.2) is 17.7 Å². The highest BCUT2D eigenvalue weighted by Gasteiger charge is 2.27. The zero-order valence-electron chi connectivity index (χ0n) is 14.0. The number of sulfonamides is 1. The normalized spacial score (nSPS) is 19.5. The van der Waals surface area contributed by atoms with Gasteiger partial charge in [-0.05, 0) is 25.8 Å². The van der Waals surface area contributed by atoms with Gasteiger partial charge in [0.15, 0.2) is 5.65 Å². The largest absolute Gasteiger partial charge is 0.348 e. The zero-order chi connectivity index (χ0) is 17.5. The Morgan fingerprint density at radius 3 is 2.88 bits per heavy atom. The number of nitrogens with one attached hydrogen (secondary N) is 1. The van der Waals surface area contributed by atoms with Crippen LogP contribution in [0.5, 0.6) is 0 Å². The molecular weight excluding hydrogens is 330 g/mol. The van der Waals surface area contributed by atoms with E-state index in [9.17, 15) is 13.2 Å². The summed E-state index contributed by atoms with van der Waals surface area (Å²) in [5.74, 6) is -0.243. The van der Waals surface area contributed by atoms with Gasteiger partial charge >= 0.3 is 0 Å². The maximum atomic E-state index is 12.5. The van der Waals surface area contributed by atoms with Gasteiger partial charge in [0, 0.05) is 37.8 Å². The lowest BCUT2D eigenvalue weighted by Gasteiger charge is -2.31. The number of hydrogen-bond acceptors (Lipinski definition) is 5. The van der Waals surface area contributed by atoms with Crippen molar-refractivity contribution in [1.29, 1.82) is 0 Å². The van der Waals surface area contributed by atoms with Gasteiger partial charge in [0.25, 0.3) is 5.91 Å². The monoisotopic (exact) mass is 351 g/mol. The molecule has 0 spiro atoms. The standard InChI is InChI=1S/C15H21N5O3S/c1-10-13-7-11(8-16-14(13)19(2)18-10)15(21)17-12-5-4-6-20(9-12)24(3,22)23/h7-8,12H,4-6,9H2,1-3H3,(H,17,21). The second kappa shape index (κ2) is 6.14. The Bertz CT molecular complexity index is 890. The molecule has 24 heavy (non-hydrogen) atoms. The molecule has 0 radical (unpaired) electrons. The number of hydrogen-bond donors (Lipinski definition) is 1. The molecule has 0 aliphatic carbocycles. The van der Waals surface area contributed by atoms with Crippen molar-refractivity contribution >= 4 is 27.0 Å². The predicted octanol–water partition coefficient (Wildman–Crippen LogP) is 0.431. The van der Waals surface area contributed by atoms with Gasteiger partial charge in [0.2, 0.25) is 10.0 Å². The summed E-state index contributed by atoms with van der Waals surface area (Å²) in [6.07, 6.45) is 4.21. The van der Waals surface area contributed by atoms with Crippen molar-refractivity contribution in [3.8, 4) is 0 Å². The molecule has 0 saturated carbocycles. The molecule has 0 bridgehead atoms. The molecule has 8 nitrogen and oxygen atoms in total. The molecule has 3 rings (SSSR count). The van der Waals surface area contributed by atoms with Crippen LogP contribution in [0.25, 0.3) is 11.0 Å². The minimum Gasteiger partial charge on any atom is -0.348 e. The van der Waals surface area contributed by atoms with E-state index in [2.05, 4.69) is 15.4 Å². The molecule has 1 aliphatic rings. The van der Waals surface area contributed by atoms with E-state index in [-0.39, 0.29) is 11.9 Å². The SMILES string of the molecule is Cc1nn(C)c2ncc(C(=O)NC3CCCN(S(C)(=O)=O)C3)cc12. The molecule has 0 aromatic carbocycles. The predicted molar refractivity (Wildman–Crippen MR) is 90.2 cm³/mol. The Labute approximate surface area is 140 Å². The van der Waals surface area contributed by atoms with Crippen LogP contribution in [0.4, 0.5) is 0 Å². The molecule has 1 aliphatic heterocycles. The second-order valence-corrected chi connectivity index (χ2v) is 8.22. The molecule has 1 saturated heterocycles. The first-order chi connectivity index (χ1) is 11.3. The molecule has 130 valence electrons. The first-order valence-electron chi connectivity index (χ1n) is 7.81. The van der Waals surface area contributed by atoms with E-state index in [1.54, 1.807) is 10.7 Å². The highest BCUT2D eigenvalue weighted by molar-refractivity contribution is 7.88. The van der Waals surface area contributed by atoms with Crippen LogP contribution in [-0.4, -0.2) is 58.8 Å². The first-order valence-corrected chi connectivity index (χ1v) is 9.66. The van der Waals surface area contributed by atoms with Gasteiger partial charge in [0.1, 0.15) is 0 Å². The van der Waals surface area contributed by atoms with Crippen LogP contribution < -0.4 is 5.32 Å². The molecule has 1 fully saturated rings. The number of nitrogens with zero attached hydrogens (tertiary/aromatic N) is 4. The smallest absolute Gasteiger partial charge is 0.253 e. The van der Waals surface area contributed by atoms with Crippen molar-refractivity contribution in [2.75, 3.05) is 19.3 Å². The van der Waals surface area contributed by atoms with E-state index in [1.807, 2.05) is 14.0 Å². The van der Waals surface area contributed by atoms with Crippen molar-refractivity contribution in [1.82, 2.24) is 24.4 Å². The molecule has 2 aromatic heterocycles. The number of pyridine rings is 1. The highest BCUT2D eigenvalue weighted by Crippen LogP contribution is 2.17. The van der Waals surface area contributed by atoms with Gasteiger partial charge in [-0.15, -0.1) is 0 Å². The van der Waals surface area contributed by atoms with E-state index in [1.165, 1.54) is 16.8 Å². The summed E-state index contributed by atoms with van der Waals surface area (Å²) in [5.41, 5.74) is 2.00. The minimum atomic E-state index is -3.23. The van der Waals surface area contributed by atoms with Crippen LogP contribution in [0, 0.1) is 6.92 Å². The highest BCUT2D eigenvalue weighted by atomic mass is 32.2. The molecular formula is C15H21N5O3S. The van der Waals surface area contributed by atoms with Gasteiger partial charge in [-0.1, -0.05) is 0 Å². The Hall–Kier alpha value is -2.00. The van der Waals surface area contributed by atoms with E-state index in [4.69, 9.17) is 0 Å². The first kappa shape index (κ1) is 16.8. The van der Waals surface area contributed by atoms with Crippen LogP contribution in [0.15, 0.2) is 12.3 Å². The Morgan fingerprint density at radius 1 is 1.42 bits per heavy atom. The number of amides is 1. The number of rotatable bonds is 3. The average Bonchev–Trinajstić information content (AvgIpc) is 2.81. The van der Waals surface area contributed by atoms with Crippen molar-refractivity contribution in [3.63, 3.8) is 0 Å². The molecule has 2 aromatic rings. The minimum absolute atomic E-state index is 0.188. The number of carbonyl (C=O) groups excluding carboxylic acids is 1. The zero-order valence-corrected chi connectivity index (χ0v) is 14.8. The summed E-state index contributed by atoms with van der Waals surface area (Å²) in [7, 11) is -1.42. The number of aromatic nitrogens is 3. The molecule has 3 heterocycles. The van der Waals surface area contributed by atoms with Crippen LogP contribution in [0.1, 0.15) is 28.9 Å². The molecule has 1 amide bonds. The van der Waals surface area contributed by atoms with E-state index in [0.717, 1.165) is 29.6 Å². The summed E-state index contributed by atoms with van der Waals surface area (Å²) >= 11 is 0. The quantitative estimate of drug-likeness (QED) is 0.865. The topological polar surface area (TPSA) is 97.2 Å².